The van der Waals surface area contributed by atoms with Crippen LogP contribution in [-0.2, 0) is 12.8 Å². The molecule has 27 heavy (non-hydrogen) atoms. The van der Waals surface area contributed by atoms with Crippen molar-refractivity contribution >= 4 is 23.4 Å². The lowest BCUT2D eigenvalue weighted by molar-refractivity contribution is 0.638. The van der Waals surface area contributed by atoms with Crippen molar-refractivity contribution in [3.8, 4) is 0 Å². The predicted molar refractivity (Wildman–Crippen MR) is 106 cm³/mol. The molecule has 0 saturated carbocycles. The molecule has 1 N–H and O–H groups in total. The Labute approximate surface area is 161 Å². The first-order valence-electron chi connectivity index (χ1n) is 8.81. The quantitative estimate of drug-likeness (QED) is 0.669. The molecule has 0 radical (unpaired) electrons. The molecule has 8 nitrogen and oxygen atoms in total. The third kappa shape index (κ3) is 4.13. The van der Waals surface area contributed by atoms with Gasteiger partial charge in [0.1, 0.15) is 6.33 Å². The smallest absolute Gasteiger partial charge is 0.252 e. The normalized spacial score (nSPS) is 14.6. The van der Waals surface area contributed by atoms with Crippen molar-refractivity contribution in [1.29, 1.82) is 0 Å². The lowest BCUT2D eigenvalue weighted by Crippen LogP contribution is -2.47. The molecule has 0 atom stereocenters. The van der Waals surface area contributed by atoms with E-state index in [1.165, 1.54) is 17.4 Å². The van der Waals surface area contributed by atoms with Gasteiger partial charge in [-0.3, -0.25) is 9.78 Å². The van der Waals surface area contributed by atoms with Gasteiger partial charge in [0.05, 0.1) is 5.69 Å². The van der Waals surface area contributed by atoms with Crippen LogP contribution in [0.5, 0.6) is 0 Å². The van der Waals surface area contributed by atoms with Gasteiger partial charge < -0.3 is 14.4 Å². The number of anilines is 2. The zero-order valence-electron chi connectivity index (χ0n) is 15.1. The molecule has 1 aromatic carbocycles. The van der Waals surface area contributed by atoms with E-state index in [0.29, 0.717) is 11.7 Å². The minimum atomic E-state index is -0.126. The first kappa shape index (κ1) is 17.6. The summed E-state index contributed by atoms with van der Waals surface area (Å²) in [4.78, 5) is 24.1. The van der Waals surface area contributed by atoms with E-state index in [1.807, 2.05) is 17.7 Å². The maximum absolute atomic E-state index is 12.1. The Bertz CT molecular complexity index is 948. The Morgan fingerprint density at radius 2 is 1.85 bits per heavy atom. The van der Waals surface area contributed by atoms with Crippen molar-refractivity contribution in [2.45, 2.75) is 10.9 Å². The van der Waals surface area contributed by atoms with Crippen LogP contribution in [0.1, 0.15) is 5.69 Å². The number of thioether (sulfide) groups is 1. The minimum absolute atomic E-state index is 0.126. The highest BCUT2D eigenvalue weighted by Crippen LogP contribution is 2.20. The number of hydrogen-bond acceptors (Lipinski definition) is 7. The fraction of sp³-hybridized carbons (Fsp3) is 0.333. The average molecular weight is 383 g/mol. The number of aryl methyl sites for hydroxylation is 1. The fourth-order valence-electron chi connectivity index (χ4n) is 3.07. The molecule has 0 amide bonds. The van der Waals surface area contributed by atoms with Crippen LogP contribution in [0.15, 0.2) is 52.7 Å². The van der Waals surface area contributed by atoms with Crippen LogP contribution in [0.25, 0.3) is 0 Å². The Hall–Kier alpha value is -2.81. The summed E-state index contributed by atoms with van der Waals surface area (Å²) in [5, 5.41) is 8.72. The fourth-order valence-corrected chi connectivity index (χ4v) is 3.86. The molecule has 0 aliphatic carbocycles. The number of nitrogens with one attached hydrogen (secondary N) is 1. The SMILES string of the molecule is Cn1cnnc1SCc1cc(=O)[nH]c(N2CCN(c3ccccc3)CC2)n1. The Morgan fingerprint density at radius 3 is 2.56 bits per heavy atom. The molecule has 0 unspecified atom stereocenters. The maximum atomic E-state index is 12.1. The van der Waals surface area contributed by atoms with Gasteiger partial charge in [-0.2, -0.15) is 0 Å². The average Bonchev–Trinajstić information content (AvgIpc) is 3.12. The molecule has 1 fully saturated rings. The summed E-state index contributed by atoms with van der Waals surface area (Å²) in [6.07, 6.45) is 1.66. The van der Waals surface area contributed by atoms with Crippen LogP contribution < -0.4 is 15.4 Å². The largest absolute Gasteiger partial charge is 0.368 e. The maximum Gasteiger partial charge on any atom is 0.252 e. The second kappa shape index (κ2) is 7.83. The number of piperazine rings is 1. The van der Waals surface area contributed by atoms with Crippen LogP contribution in [-0.4, -0.2) is 50.9 Å². The number of hydrogen-bond donors (Lipinski definition) is 1. The highest BCUT2D eigenvalue weighted by Gasteiger charge is 2.19. The van der Waals surface area contributed by atoms with E-state index in [-0.39, 0.29) is 5.56 Å². The van der Waals surface area contributed by atoms with Gasteiger partial charge in [-0.15, -0.1) is 10.2 Å². The van der Waals surface area contributed by atoms with Gasteiger partial charge in [0.15, 0.2) is 5.16 Å². The number of H-pyrrole nitrogens is 1. The van der Waals surface area contributed by atoms with Crippen LogP contribution in [0.2, 0.25) is 0 Å². The van der Waals surface area contributed by atoms with Crippen molar-refractivity contribution in [2.24, 2.45) is 7.05 Å². The summed E-state index contributed by atoms with van der Waals surface area (Å²) in [6, 6.07) is 11.9. The van der Waals surface area contributed by atoms with Crippen LogP contribution in [0.3, 0.4) is 0 Å². The molecule has 140 valence electrons. The number of para-hydroxylation sites is 1. The molecule has 1 saturated heterocycles. The molecular formula is C18H21N7OS. The predicted octanol–water partition coefficient (Wildman–Crippen LogP) is 1.52. The van der Waals surface area contributed by atoms with Crippen LogP contribution >= 0.6 is 11.8 Å². The van der Waals surface area contributed by atoms with Gasteiger partial charge in [-0.25, -0.2) is 4.98 Å². The molecule has 1 aliphatic heterocycles. The van der Waals surface area contributed by atoms with Crippen LogP contribution in [0.4, 0.5) is 11.6 Å². The van der Waals surface area contributed by atoms with E-state index in [0.717, 1.165) is 37.0 Å². The number of aromatic amines is 1. The lowest BCUT2D eigenvalue weighted by atomic mass is 10.2. The zero-order chi connectivity index (χ0) is 18.6. The summed E-state index contributed by atoms with van der Waals surface area (Å²) < 4.78 is 1.85. The molecule has 3 heterocycles. The first-order valence-corrected chi connectivity index (χ1v) is 9.79. The molecule has 0 spiro atoms. The number of benzene rings is 1. The molecule has 4 rings (SSSR count). The Morgan fingerprint density at radius 1 is 1.11 bits per heavy atom. The summed E-state index contributed by atoms with van der Waals surface area (Å²) in [5.41, 5.74) is 1.85. The van der Waals surface area contributed by atoms with Crippen molar-refractivity contribution in [1.82, 2.24) is 24.7 Å². The van der Waals surface area contributed by atoms with Gasteiger partial charge >= 0.3 is 0 Å². The summed E-state index contributed by atoms with van der Waals surface area (Å²) in [7, 11) is 1.89. The second-order valence-electron chi connectivity index (χ2n) is 6.38. The topological polar surface area (TPSA) is 82.9 Å². The van der Waals surface area contributed by atoms with Gasteiger partial charge in [0, 0.05) is 50.7 Å². The highest BCUT2D eigenvalue weighted by molar-refractivity contribution is 7.98. The summed E-state index contributed by atoms with van der Waals surface area (Å²) >= 11 is 1.52. The van der Waals surface area contributed by atoms with Gasteiger partial charge in [0.2, 0.25) is 5.95 Å². The van der Waals surface area contributed by atoms with E-state index in [4.69, 9.17) is 0 Å². The molecular weight excluding hydrogens is 362 g/mol. The van der Waals surface area contributed by atoms with E-state index >= 15 is 0 Å². The number of nitrogens with zero attached hydrogens (tertiary/aromatic N) is 6. The number of aromatic nitrogens is 5. The van der Waals surface area contributed by atoms with Gasteiger partial charge in [-0.05, 0) is 12.1 Å². The second-order valence-corrected chi connectivity index (χ2v) is 7.33. The van der Waals surface area contributed by atoms with Gasteiger partial charge in [0.25, 0.3) is 5.56 Å². The lowest BCUT2D eigenvalue weighted by Gasteiger charge is -2.36. The molecule has 3 aromatic rings. The van der Waals surface area contributed by atoms with Crippen molar-refractivity contribution in [3.63, 3.8) is 0 Å². The standard InChI is InChI=1S/C18H21N7OS/c1-23-13-19-22-18(23)27-12-14-11-16(26)21-17(20-14)25-9-7-24(8-10-25)15-5-3-2-4-6-15/h2-6,11,13H,7-10,12H2,1H3,(H,20,21,26). The highest BCUT2D eigenvalue weighted by atomic mass is 32.2. The molecule has 1 aliphatic rings. The van der Waals surface area contributed by atoms with Crippen molar-refractivity contribution in [3.05, 3.63) is 58.8 Å². The van der Waals surface area contributed by atoms with E-state index in [9.17, 15) is 4.79 Å². The summed E-state index contributed by atoms with van der Waals surface area (Å²) in [5.74, 6) is 1.22. The molecule has 9 heteroatoms. The Balaban J connectivity index is 1.42. The molecule has 0 bridgehead atoms. The van der Waals surface area contributed by atoms with Crippen molar-refractivity contribution < 1.29 is 0 Å². The van der Waals surface area contributed by atoms with Gasteiger partial charge in [-0.1, -0.05) is 30.0 Å². The van der Waals surface area contributed by atoms with E-state index in [2.05, 4.69) is 54.2 Å². The summed E-state index contributed by atoms with van der Waals surface area (Å²) in [6.45, 7) is 3.42. The number of rotatable bonds is 5. The zero-order valence-corrected chi connectivity index (χ0v) is 15.9. The minimum Gasteiger partial charge on any atom is -0.368 e. The van der Waals surface area contributed by atoms with E-state index < -0.39 is 0 Å². The van der Waals surface area contributed by atoms with Crippen molar-refractivity contribution in [2.75, 3.05) is 36.0 Å². The monoisotopic (exact) mass is 383 g/mol. The third-order valence-corrected chi connectivity index (χ3v) is 5.57. The van der Waals surface area contributed by atoms with Crippen LogP contribution in [0, 0.1) is 0 Å². The third-order valence-electron chi connectivity index (χ3n) is 4.50. The first-order chi connectivity index (χ1) is 13.2. The Kier molecular flexibility index (Phi) is 5.10. The molecule has 2 aromatic heterocycles. The van der Waals surface area contributed by atoms with E-state index in [1.54, 1.807) is 12.4 Å².